The minimum atomic E-state index is -0.527. The lowest BCUT2D eigenvalue weighted by atomic mass is 10.1. The summed E-state index contributed by atoms with van der Waals surface area (Å²) >= 11 is 0. The number of halogens is 1. The Kier molecular flexibility index (Phi) is 5.94. The number of aromatic nitrogens is 5. The summed E-state index contributed by atoms with van der Waals surface area (Å²) in [5.41, 5.74) is 2.82. The average Bonchev–Trinajstić information content (AvgIpc) is 2.78. The summed E-state index contributed by atoms with van der Waals surface area (Å²) in [6, 6.07) is 10.0. The van der Waals surface area contributed by atoms with Gasteiger partial charge in [-0.1, -0.05) is 19.9 Å². The summed E-state index contributed by atoms with van der Waals surface area (Å²) in [6.07, 6.45) is 4.85. The van der Waals surface area contributed by atoms with Crippen molar-refractivity contribution in [3.05, 3.63) is 77.0 Å². The largest absolute Gasteiger partial charge is 0.346 e. The van der Waals surface area contributed by atoms with Gasteiger partial charge in [0.25, 0.3) is 5.56 Å². The molecule has 0 aromatic carbocycles. The predicted molar refractivity (Wildman–Crippen MR) is 123 cm³/mol. The Bertz CT molecular complexity index is 1300. The van der Waals surface area contributed by atoms with Crippen molar-refractivity contribution in [2.75, 3.05) is 5.32 Å². The van der Waals surface area contributed by atoms with Gasteiger partial charge < -0.3 is 5.32 Å². The number of rotatable bonds is 6. The fourth-order valence-corrected chi connectivity index (χ4v) is 3.48. The van der Waals surface area contributed by atoms with Crippen LogP contribution in [0.25, 0.3) is 22.2 Å². The molecule has 4 heterocycles. The first-order valence-corrected chi connectivity index (χ1v) is 10.6. The fourth-order valence-electron chi connectivity index (χ4n) is 3.48. The Labute approximate surface area is 185 Å². The molecule has 0 bridgehead atoms. The molecule has 0 saturated heterocycles. The van der Waals surface area contributed by atoms with Crippen LogP contribution < -0.4 is 10.9 Å². The SMILES string of the molecule is CC(Nc1ncc2ccc(=O)n(C(C)C(C)C)c2n1)c1ccc(-c2ccnc(F)c2)cn1. The summed E-state index contributed by atoms with van der Waals surface area (Å²) < 4.78 is 15.1. The number of anilines is 1. The van der Waals surface area contributed by atoms with Gasteiger partial charge in [-0.3, -0.25) is 14.3 Å². The van der Waals surface area contributed by atoms with Crippen LogP contribution in [-0.4, -0.2) is 24.5 Å². The molecule has 0 aliphatic carbocycles. The minimum Gasteiger partial charge on any atom is -0.346 e. The van der Waals surface area contributed by atoms with E-state index in [1.54, 1.807) is 35.2 Å². The Hall–Kier alpha value is -3.68. The molecule has 0 spiro atoms. The molecule has 0 amide bonds. The molecule has 0 aliphatic heterocycles. The number of hydrogen-bond acceptors (Lipinski definition) is 6. The van der Waals surface area contributed by atoms with E-state index in [4.69, 9.17) is 0 Å². The van der Waals surface area contributed by atoms with Crippen molar-refractivity contribution in [1.29, 1.82) is 0 Å². The molecule has 0 aliphatic rings. The molecule has 1 N–H and O–H groups in total. The Morgan fingerprint density at radius 1 is 0.938 bits per heavy atom. The zero-order valence-electron chi connectivity index (χ0n) is 18.5. The number of pyridine rings is 3. The second kappa shape index (κ2) is 8.82. The lowest BCUT2D eigenvalue weighted by Gasteiger charge is -2.21. The van der Waals surface area contributed by atoms with Crippen LogP contribution >= 0.6 is 0 Å². The first-order chi connectivity index (χ1) is 15.3. The normalized spacial score (nSPS) is 13.3. The molecule has 4 aromatic rings. The van der Waals surface area contributed by atoms with E-state index < -0.39 is 5.95 Å². The van der Waals surface area contributed by atoms with Crippen LogP contribution in [0, 0.1) is 11.9 Å². The summed E-state index contributed by atoms with van der Waals surface area (Å²) in [4.78, 5) is 29.7. The van der Waals surface area contributed by atoms with E-state index in [0.29, 0.717) is 17.2 Å². The van der Waals surface area contributed by atoms with E-state index in [1.165, 1.54) is 12.3 Å². The van der Waals surface area contributed by atoms with Gasteiger partial charge in [0.05, 0.1) is 11.7 Å². The Morgan fingerprint density at radius 2 is 1.75 bits per heavy atom. The van der Waals surface area contributed by atoms with E-state index in [0.717, 1.165) is 16.6 Å². The van der Waals surface area contributed by atoms with E-state index >= 15 is 0 Å². The maximum Gasteiger partial charge on any atom is 0.252 e. The lowest BCUT2D eigenvalue weighted by Crippen LogP contribution is -2.26. The average molecular weight is 433 g/mol. The van der Waals surface area contributed by atoms with Crippen LogP contribution in [0.1, 0.15) is 45.5 Å². The van der Waals surface area contributed by atoms with Crippen molar-refractivity contribution in [2.24, 2.45) is 5.92 Å². The van der Waals surface area contributed by atoms with Gasteiger partial charge in [0, 0.05) is 47.7 Å². The summed E-state index contributed by atoms with van der Waals surface area (Å²) in [5, 5.41) is 4.07. The second-order valence-corrected chi connectivity index (χ2v) is 8.20. The quantitative estimate of drug-likeness (QED) is 0.442. The van der Waals surface area contributed by atoms with Gasteiger partial charge >= 0.3 is 0 Å². The van der Waals surface area contributed by atoms with E-state index in [9.17, 15) is 9.18 Å². The maximum atomic E-state index is 13.4. The van der Waals surface area contributed by atoms with E-state index in [1.807, 2.05) is 26.0 Å². The van der Waals surface area contributed by atoms with Crippen molar-refractivity contribution in [2.45, 2.75) is 39.8 Å². The minimum absolute atomic E-state index is 0.00129. The zero-order chi connectivity index (χ0) is 22.8. The predicted octanol–water partition coefficient (Wildman–Crippen LogP) is 4.78. The topological polar surface area (TPSA) is 85.6 Å². The van der Waals surface area contributed by atoms with Gasteiger partial charge in [-0.05, 0) is 43.5 Å². The standard InChI is InChI=1S/C24H25FN6O/c1-14(2)16(4)31-22(32)8-6-19-13-28-24(30-23(19)31)29-15(3)20-7-5-18(12-27-20)17-9-10-26-21(25)11-17/h5-16H,1-4H3,(H,28,29,30). The van der Waals surface area contributed by atoms with Crippen molar-refractivity contribution in [3.8, 4) is 11.1 Å². The molecule has 164 valence electrons. The van der Waals surface area contributed by atoms with Gasteiger partial charge in [0.2, 0.25) is 11.9 Å². The monoisotopic (exact) mass is 432 g/mol. The van der Waals surface area contributed by atoms with Crippen LogP contribution in [0.4, 0.5) is 10.3 Å². The Balaban J connectivity index is 1.60. The number of fused-ring (bicyclic) bond motifs is 1. The summed E-state index contributed by atoms with van der Waals surface area (Å²) in [7, 11) is 0. The maximum absolute atomic E-state index is 13.4. The highest BCUT2D eigenvalue weighted by molar-refractivity contribution is 5.75. The molecule has 32 heavy (non-hydrogen) atoms. The van der Waals surface area contributed by atoms with Gasteiger partial charge in [0.1, 0.15) is 5.65 Å². The molecule has 0 fully saturated rings. The van der Waals surface area contributed by atoms with Gasteiger partial charge in [0.15, 0.2) is 0 Å². The highest BCUT2D eigenvalue weighted by Gasteiger charge is 2.16. The van der Waals surface area contributed by atoms with Crippen LogP contribution in [0.5, 0.6) is 0 Å². The van der Waals surface area contributed by atoms with Gasteiger partial charge in [-0.25, -0.2) is 9.97 Å². The van der Waals surface area contributed by atoms with Gasteiger partial charge in [-0.15, -0.1) is 0 Å². The second-order valence-electron chi connectivity index (χ2n) is 8.20. The van der Waals surface area contributed by atoms with Crippen LogP contribution in [0.2, 0.25) is 0 Å². The molecular formula is C24H25FN6O. The zero-order valence-corrected chi connectivity index (χ0v) is 18.5. The van der Waals surface area contributed by atoms with Crippen molar-refractivity contribution in [3.63, 3.8) is 0 Å². The highest BCUT2D eigenvalue weighted by atomic mass is 19.1. The van der Waals surface area contributed by atoms with E-state index in [2.05, 4.69) is 39.1 Å². The molecule has 2 unspecified atom stereocenters. The first kappa shape index (κ1) is 21.5. The van der Waals surface area contributed by atoms with Gasteiger partial charge in [-0.2, -0.15) is 9.37 Å². The molecule has 8 heteroatoms. The summed E-state index contributed by atoms with van der Waals surface area (Å²) in [5.74, 6) is 0.169. The molecule has 4 aromatic heterocycles. The van der Waals surface area contributed by atoms with Crippen LogP contribution in [0.3, 0.4) is 0 Å². The first-order valence-electron chi connectivity index (χ1n) is 10.6. The van der Waals surface area contributed by atoms with Crippen molar-refractivity contribution in [1.82, 2.24) is 24.5 Å². The fraction of sp³-hybridized carbons (Fsp3) is 0.292. The van der Waals surface area contributed by atoms with E-state index in [-0.39, 0.29) is 23.6 Å². The molecule has 4 rings (SSSR count). The van der Waals surface area contributed by atoms with Crippen LogP contribution in [0.15, 0.2) is 59.8 Å². The third-order valence-corrected chi connectivity index (χ3v) is 5.67. The molecule has 0 radical (unpaired) electrons. The molecule has 7 nitrogen and oxygen atoms in total. The molecule has 2 atom stereocenters. The van der Waals surface area contributed by atoms with Crippen molar-refractivity contribution >= 4 is 17.0 Å². The molecule has 0 saturated carbocycles. The third-order valence-electron chi connectivity index (χ3n) is 5.67. The Morgan fingerprint density at radius 3 is 2.44 bits per heavy atom. The number of nitrogens with zero attached hydrogens (tertiary/aromatic N) is 5. The number of hydrogen-bond donors (Lipinski definition) is 1. The lowest BCUT2D eigenvalue weighted by molar-refractivity contribution is 0.407. The van der Waals surface area contributed by atoms with Crippen molar-refractivity contribution < 1.29 is 4.39 Å². The van der Waals surface area contributed by atoms with Crippen LogP contribution in [-0.2, 0) is 0 Å². The number of nitrogens with one attached hydrogen (secondary N) is 1. The highest BCUT2D eigenvalue weighted by Crippen LogP contribution is 2.23. The summed E-state index contributed by atoms with van der Waals surface area (Å²) in [6.45, 7) is 8.13. The molecular weight excluding hydrogens is 407 g/mol. The third kappa shape index (κ3) is 4.34. The smallest absolute Gasteiger partial charge is 0.252 e.